The van der Waals surface area contributed by atoms with Gasteiger partial charge in [0.25, 0.3) is 0 Å². The van der Waals surface area contributed by atoms with Gasteiger partial charge >= 0.3 is 0 Å². The summed E-state index contributed by atoms with van der Waals surface area (Å²) in [6.45, 7) is 4.19. The van der Waals surface area contributed by atoms with Crippen LogP contribution in [-0.2, 0) is 4.79 Å². The Morgan fingerprint density at radius 3 is 2.23 bits per heavy atom. The van der Waals surface area contributed by atoms with Crippen molar-refractivity contribution in [2.75, 3.05) is 0 Å². The Kier molecular flexibility index (Phi) is 4.47. The Balaban J connectivity index is 2.43. The SMILES string of the molecule is CCC(C)C(=O)C1CCCCCC1. The lowest BCUT2D eigenvalue weighted by molar-refractivity contribution is -0.126. The topological polar surface area (TPSA) is 17.1 Å². The molecule has 76 valence electrons. The summed E-state index contributed by atoms with van der Waals surface area (Å²) >= 11 is 0. The molecule has 1 heteroatoms. The fraction of sp³-hybridized carbons (Fsp3) is 0.917. The van der Waals surface area contributed by atoms with Crippen molar-refractivity contribution in [2.45, 2.75) is 58.8 Å². The molecule has 0 aromatic rings. The van der Waals surface area contributed by atoms with Gasteiger partial charge in [0.05, 0.1) is 0 Å². The van der Waals surface area contributed by atoms with Crippen LogP contribution in [0.2, 0.25) is 0 Å². The molecular formula is C12H22O. The van der Waals surface area contributed by atoms with Crippen LogP contribution in [0.3, 0.4) is 0 Å². The number of carbonyl (C=O) groups is 1. The minimum absolute atomic E-state index is 0.295. The van der Waals surface area contributed by atoms with E-state index in [1.54, 1.807) is 0 Å². The van der Waals surface area contributed by atoms with E-state index in [9.17, 15) is 4.79 Å². The highest BCUT2D eigenvalue weighted by molar-refractivity contribution is 5.83. The quantitative estimate of drug-likeness (QED) is 0.610. The predicted octanol–water partition coefficient (Wildman–Crippen LogP) is 3.57. The zero-order valence-corrected chi connectivity index (χ0v) is 9.01. The van der Waals surface area contributed by atoms with E-state index >= 15 is 0 Å². The molecule has 0 N–H and O–H groups in total. The number of ketones is 1. The zero-order chi connectivity index (χ0) is 9.68. The second-order valence-electron chi connectivity index (χ2n) is 4.40. The lowest BCUT2D eigenvalue weighted by atomic mass is 9.87. The first-order valence-corrected chi connectivity index (χ1v) is 5.79. The largest absolute Gasteiger partial charge is 0.299 e. The smallest absolute Gasteiger partial charge is 0.138 e. The van der Waals surface area contributed by atoms with Crippen LogP contribution in [0.15, 0.2) is 0 Å². The van der Waals surface area contributed by atoms with Gasteiger partial charge in [-0.25, -0.2) is 0 Å². The summed E-state index contributed by atoms with van der Waals surface area (Å²) in [6, 6.07) is 0. The lowest BCUT2D eigenvalue weighted by Gasteiger charge is -2.16. The molecule has 1 unspecified atom stereocenters. The van der Waals surface area contributed by atoms with Crippen molar-refractivity contribution < 1.29 is 4.79 Å². The molecule has 1 atom stereocenters. The Bertz CT molecular complexity index is 155. The predicted molar refractivity (Wildman–Crippen MR) is 55.7 cm³/mol. The van der Waals surface area contributed by atoms with E-state index in [-0.39, 0.29) is 0 Å². The minimum atomic E-state index is 0.295. The van der Waals surface area contributed by atoms with Crippen molar-refractivity contribution in [2.24, 2.45) is 11.8 Å². The maximum atomic E-state index is 11.9. The van der Waals surface area contributed by atoms with Crippen molar-refractivity contribution >= 4 is 5.78 Å². The van der Waals surface area contributed by atoms with Gasteiger partial charge in [-0.2, -0.15) is 0 Å². The van der Waals surface area contributed by atoms with Crippen molar-refractivity contribution in [3.05, 3.63) is 0 Å². The molecule has 1 aliphatic carbocycles. The van der Waals surface area contributed by atoms with Crippen LogP contribution >= 0.6 is 0 Å². The average Bonchev–Trinajstić information content (AvgIpc) is 2.43. The number of hydrogen-bond acceptors (Lipinski definition) is 1. The first-order valence-electron chi connectivity index (χ1n) is 5.79. The Hall–Kier alpha value is -0.330. The normalized spacial score (nSPS) is 22.3. The molecule has 0 spiro atoms. The summed E-state index contributed by atoms with van der Waals surface area (Å²) in [5.74, 6) is 1.23. The van der Waals surface area contributed by atoms with Crippen molar-refractivity contribution in [3.8, 4) is 0 Å². The number of carbonyl (C=O) groups excluding carboxylic acids is 1. The molecule has 0 aliphatic heterocycles. The molecule has 0 amide bonds. The van der Waals surface area contributed by atoms with Gasteiger partial charge in [-0.3, -0.25) is 4.79 Å². The molecule has 1 aliphatic rings. The molecule has 1 rings (SSSR count). The molecule has 1 saturated carbocycles. The molecule has 0 saturated heterocycles. The molecule has 13 heavy (non-hydrogen) atoms. The van der Waals surface area contributed by atoms with E-state index in [1.165, 1.54) is 25.7 Å². The highest BCUT2D eigenvalue weighted by Gasteiger charge is 2.23. The molecule has 0 heterocycles. The van der Waals surface area contributed by atoms with Crippen molar-refractivity contribution in [1.29, 1.82) is 0 Å². The molecular weight excluding hydrogens is 160 g/mol. The lowest BCUT2D eigenvalue weighted by Crippen LogP contribution is -2.20. The monoisotopic (exact) mass is 182 g/mol. The van der Waals surface area contributed by atoms with Gasteiger partial charge in [0.15, 0.2) is 0 Å². The first-order chi connectivity index (χ1) is 6.25. The van der Waals surface area contributed by atoms with Gasteiger partial charge in [0.2, 0.25) is 0 Å². The van der Waals surface area contributed by atoms with E-state index in [2.05, 4.69) is 13.8 Å². The molecule has 0 bridgehead atoms. The van der Waals surface area contributed by atoms with Gasteiger partial charge in [-0.15, -0.1) is 0 Å². The summed E-state index contributed by atoms with van der Waals surface area (Å²) in [6.07, 6.45) is 8.54. The van der Waals surface area contributed by atoms with Crippen molar-refractivity contribution in [1.82, 2.24) is 0 Å². The zero-order valence-electron chi connectivity index (χ0n) is 9.01. The molecule has 0 aromatic carbocycles. The summed E-state index contributed by atoms with van der Waals surface area (Å²) in [7, 11) is 0. The molecule has 1 fully saturated rings. The first kappa shape index (κ1) is 10.7. The van der Waals surface area contributed by atoms with Crippen LogP contribution in [0, 0.1) is 11.8 Å². The molecule has 1 nitrogen and oxygen atoms in total. The number of Topliss-reactive ketones (excluding diaryl/α,β-unsaturated/α-hetero) is 1. The van der Waals surface area contributed by atoms with Gasteiger partial charge in [0.1, 0.15) is 5.78 Å². The van der Waals surface area contributed by atoms with Crippen molar-refractivity contribution in [3.63, 3.8) is 0 Å². The second kappa shape index (κ2) is 5.41. The van der Waals surface area contributed by atoms with Crippen LogP contribution < -0.4 is 0 Å². The average molecular weight is 182 g/mol. The van der Waals surface area contributed by atoms with Crippen LogP contribution in [0.5, 0.6) is 0 Å². The van der Waals surface area contributed by atoms with Gasteiger partial charge in [-0.1, -0.05) is 39.5 Å². The Morgan fingerprint density at radius 1 is 1.23 bits per heavy atom. The second-order valence-corrected chi connectivity index (χ2v) is 4.40. The van der Waals surface area contributed by atoms with Gasteiger partial charge in [0, 0.05) is 11.8 Å². The highest BCUT2D eigenvalue weighted by Crippen LogP contribution is 2.26. The van der Waals surface area contributed by atoms with Crippen LogP contribution in [0.25, 0.3) is 0 Å². The molecule has 0 aromatic heterocycles. The van der Waals surface area contributed by atoms with E-state index in [1.807, 2.05) is 0 Å². The van der Waals surface area contributed by atoms with E-state index < -0.39 is 0 Å². The van der Waals surface area contributed by atoms with E-state index in [0.29, 0.717) is 17.6 Å². The summed E-state index contributed by atoms with van der Waals surface area (Å²) < 4.78 is 0. The maximum absolute atomic E-state index is 11.9. The standard InChI is InChI=1S/C12H22O/c1-3-10(2)12(13)11-8-6-4-5-7-9-11/h10-11H,3-9H2,1-2H3. The fourth-order valence-electron chi connectivity index (χ4n) is 2.17. The van der Waals surface area contributed by atoms with Gasteiger partial charge < -0.3 is 0 Å². The van der Waals surface area contributed by atoms with E-state index in [0.717, 1.165) is 19.3 Å². The summed E-state index contributed by atoms with van der Waals surface area (Å²) in [5.41, 5.74) is 0. The third-order valence-electron chi connectivity index (χ3n) is 3.36. The van der Waals surface area contributed by atoms with Gasteiger partial charge in [-0.05, 0) is 19.3 Å². The summed E-state index contributed by atoms with van der Waals surface area (Å²) in [4.78, 5) is 11.9. The summed E-state index contributed by atoms with van der Waals surface area (Å²) in [5, 5.41) is 0. The number of rotatable bonds is 3. The van der Waals surface area contributed by atoms with Crippen LogP contribution in [-0.4, -0.2) is 5.78 Å². The molecule has 0 radical (unpaired) electrons. The van der Waals surface area contributed by atoms with E-state index in [4.69, 9.17) is 0 Å². The maximum Gasteiger partial charge on any atom is 0.138 e. The minimum Gasteiger partial charge on any atom is -0.299 e. The van der Waals surface area contributed by atoms with Crippen LogP contribution in [0.4, 0.5) is 0 Å². The highest BCUT2D eigenvalue weighted by atomic mass is 16.1. The Labute approximate surface area is 81.9 Å². The third-order valence-corrected chi connectivity index (χ3v) is 3.36. The van der Waals surface area contributed by atoms with Crippen LogP contribution in [0.1, 0.15) is 58.8 Å². The third kappa shape index (κ3) is 3.13. The fourth-order valence-corrected chi connectivity index (χ4v) is 2.17. The number of hydrogen-bond donors (Lipinski definition) is 0. The Morgan fingerprint density at radius 2 is 1.77 bits per heavy atom.